The van der Waals surface area contributed by atoms with E-state index in [1.165, 1.54) is 6.42 Å². The smallest absolute Gasteiger partial charge is 0.150 e. The maximum Gasteiger partial charge on any atom is 0.150 e. The molecule has 0 bridgehead atoms. The van der Waals surface area contributed by atoms with Gasteiger partial charge in [-0.15, -0.1) is 0 Å². The summed E-state index contributed by atoms with van der Waals surface area (Å²) in [5, 5.41) is 0. The van der Waals surface area contributed by atoms with Crippen LogP contribution in [0.5, 0.6) is 0 Å². The Bertz CT molecular complexity index is 392. The van der Waals surface area contributed by atoms with Crippen LogP contribution in [0.25, 0.3) is 0 Å². The Labute approximate surface area is 102 Å². The molecular formula is C15H19FO. The van der Waals surface area contributed by atoms with Crippen molar-refractivity contribution in [3.05, 3.63) is 35.4 Å². The monoisotopic (exact) mass is 234 g/mol. The second kappa shape index (κ2) is 4.99. The molecule has 0 N–H and O–H groups in total. The first-order chi connectivity index (χ1) is 8.16. The van der Waals surface area contributed by atoms with Crippen LogP contribution in [0.2, 0.25) is 0 Å². The van der Waals surface area contributed by atoms with Crippen LogP contribution in [-0.2, 0) is 5.67 Å². The number of aldehydes is 1. The van der Waals surface area contributed by atoms with Gasteiger partial charge in [0.1, 0.15) is 12.0 Å². The van der Waals surface area contributed by atoms with Crippen LogP contribution in [-0.4, -0.2) is 6.29 Å². The molecular weight excluding hydrogens is 215 g/mol. The van der Waals surface area contributed by atoms with Gasteiger partial charge < -0.3 is 0 Å². The van der Waals surface area contributed by atoms with Crippen LogP contribution >= 0.6 is 0 Å². The molecule has 1 saturated carbocycles. The zero-order valence-corrected chi connectivity index (χ0v) is 10.3. The molecule has 0 aliphatic heterocycles. The summed E-state index contributed by atoms with van der Waals surface area (Å²) in [7, 11) is 0. The second-order valence-corrected chi connectivity index (χ2v) is 5.12. The lowest BCUT2D eigenvalue weighted by Crippen LogP contribution is -2.30. The molecule has 0 radical (unpaired) electrons. The molecule has 17 heavy (non-hydrogen) atoms. The number of carbonyl (C=O) groups is 1. The lowest BCUT2D eigenvalue weighted by Gasteiger charge is -2.34. The highest BCUT2D eigenvalue weighted by Gasteiger charge is 2.37. The molecule has 2 rings (SSSR count). The van der Waals surface area contributed by atoms with Gasteiger partial charge >= 0.3 is 0 Å². The van der Waals surface area contributed by atoms with E-state index in [9.17, 15) is 9.18 Å². The van der Waals surface area contributed by atoms with Crippen LogP contribution in [0.3, 0.4) is 0 Å². The van der Waals surface area contributed by atoms with Crippen LogP contribution in [0.1, 0.15) is 54.9 Å². The lowest BCUT2D eigenvalue weighted by molar-refractivity contribution is 0.0712. The topological polar surface area (TPSA) is 17.1 Å². The Hall–Kier alpha value is -1.18. The van der Waals surface area contributed by atoms with Gasteiger partial charge in [-0.1, -0.05) is 43.5 Å². The third-order valence-electron chi connectivity index (χ3n) is 3.99. The summed E-state index contributed by atoms with van der Waals surface area (Å²) < 4.78 is 15.0. The van der Waals surface area contributed by atoms with Crippen molar-refractivity contribution < 1.29 is 9.18 Å². The van der Waals surface area contributed by atoms with Crippen molar-refractivity contribution in [2.24, 2.45) is 5.92 Å². The van der Waals surface area contributed by atoms with E-state index in [4.69, 9.17) is 0 Å². The lowest BCUT2D eigenvalue weighted by atomic mass is 9.74. The predicted octanol–water partition coefficient (Wildman–Crippen LogP) is 4.26. The molecule has 0 amide bonds. The average molecular weight is 234 g/mol. The molecule has 1 aliphatic carbocycles. The van der Waals surface area contributed by atoms with E-state index in [1.807, 2.05) is 6.07 Å². The highest BCUT2D eigenvalue weighted by atomic mass is 19.1. The van der Waals surface area contributed by atoms with E-state index in [1.54, 1.807) is 25.1 Å². The Kier molecular flexibility index (Phi) is 3.60. The Morgan fingerprint density at radius 1 is 1.24 bits per heavy atom. The van der Waals surface area contributed by atoms with Gasteiger partial charge in [0.2, 0.25) is 0 Å². The second-order valence-electron chi connectivity index (χ2n) is 5.12. The summed E-state index contributed by atoms with van der Waals surface area (Å²) in [5.74, 6) is 0.0531. The number of alkyl halides is 1. The minimum atomic E-state index is -1.38. The number of carbonyl (C=O) groups excluding carboxylic acids is 1. The van der Waals surface area contributed by atoms with Crippen LogP contribution in [0.4, 0.5) is 4.39 Å². The summed E-state index contributed by atoms with van der Waals surface area (Å²) in [6.07, 6.45) is 6.04. The average Bonchev–Trinajstić information content (AvgIpc) is 2.39. The van der Waals surface area contributed by atoms with Crippen molar-refractivity contribution in [3.8, 4) is 0 Å². The first-order valence-electron chi connectivity index (χ1n) is 6.40. The van der Waals surface area contributed by atoms with Gasteiger partial charge in [0.05, 0.1) is 0 Å². The van der Waals surface area contributed by atoms with Crippen LogP contribution in [0, 0.1) is 5.92 Å². The number of halogens is 1. The maximum atomic E-state index is 15.0. The fourth-order valence-corrected chi connectivity index (χ4v) is 2.91. The van der Waals surface area contributed by atoms with Crippen molar-refractivity contribution in [2.75, 3.05) is 0 Å². The molecule has 1 aromatic carbocycles. The molecule has 1 aliphatic rings. The highest BCUT2D eigenvalue weighted by Crippen LogP contribution is 2.42. The van der Waals surface area contributed by atoms with Crippen molar-refractivity contribution in [2.45, 2.75) is 44.7 Å². The van der Waals surface area contributed by atoms with Gasteiger partial charge in [-0.3, -0.25) is 4.79 Å². The molecule has 0 heterocycles. The first kappa shape index (κ1) is 12.3. The van der Waals surface area contributed by atoms with Crippen molar-refractivity contribution in [1.82, 2.24) is 0 Å². The van der Waals surface area contributed by atoms with Crippen molar-refractivity contribution >= 4 is 6.29 Å². The van der Waals surface area contributed by atoms with Gasteiger partial charge in [-0.2, -0.15) is 0 Å². The van der Waals surface area contributed by atoms with E-state index in [0.717, 1.165) is 32.0 Å². The van der Waals surface area contributed by atoms with Crippen LogP contribution in [0.15, 0.2) is 24.3 Å². The molecule has 1 atom stereocenters. The van der Waals surface area contributed by atoms with Crippen molar-refractivity contribution in [1.29, 1.82) is 0 Å². The van der Waals surface area contributed by atoms with Gasteiger partial charge in [0, 0.05) is 5.56 Å². The van der Waals surface area contributed by atoms with Crippen LogP contribution < -0.4 is 0 Å². The number of hydrogen-bond donors (Lipinski definition) is 0. The predicted molar refractivity (Wildman–Crippen MR) is 66.9 cm³/mol. The number of benzene rings is 1. The molecule has 0 saturated heterocycles. The Morgan fingerprint density at radius 3 is 2.53 bits per heavy atom. The minimum Gasteiger partial charge on any atom is -0.298 e. The molecule has 1 unspecified atom stereocenters. The Balaban J connectivity index is 2.32. The van der Waals surface area contributed by atoms with Gasteiger partial charge in [0.25, 0.3) is 0 Å². The van der Waals surface area contributed by atoms with E-state index in [-0.39, 0.29) is 5.92 Å². The third-order valence-corrected chi connectivity index (χ3v) is 3.99. The van der Waals surface area contributed by atoms with E-state index in [2.05, 4.69) is 0 Å². The normalized spacial score (nSPS) is 20.8. The van der Waals surface area contributed by atoms with Gasteiger partial charge in [-0.25, -0.2) is 4.39 Å². The largest absolute Gasteiger partial charge is 0.298 e. The number of hydrogen-bond acceptors (Lipinski definition) is 1. The molecule has 92 valence electrons. The third kappa shape index (κ3) is 2.41. The molecule has 2 heteroatoms. The summed E-state index contributed by atoms with van der Waals surface area (Å²) in [6.45, 7) is 1.63. The Morgan fingerprint density at radius 2 is 1.88 bits per heavy atom. The maximum absolute atomic E-state index is 15.0. The quantitative estimate of drug-likeness (QED) is 0.714. The summed E-state index contributed by atoms with van der Waals surface area (Å²) >= 11 is 0. The highest BCUT2D eigenvalue weighted by molar-refractivity contribution is 5.77. The zero-order chi connectivity index (χ0) is 12.3. The standard InChI is InChI=1S/C15H19FO/c1-15(16,13-8-3-2-4-9-13)14-10-6-5-7-12(14)11-17/h5-7,10-11,13H,2-4,8-9H2,1H3. The van der Waals surface area contributed by atoms with E-state index < -0.39 is 5.67 Å². The van der Waals surface area contributed by atoms with E-state index >= 15 is 0 Å². The SMILES string of the molecule is CC(F)(c1ccccc1C=O)C1CCCCC1. The number of rotatable bonds is 3. The molecule has 1 fully saturated rings. The molecule has 0 aromatic heterocycles. The fourth-order valence-electron chi connectivity index (χ4n) is 2.91. The van der Waals surface area contributed by atoms with Crippen molar-refractivity contribution in [3.63, 3.8) is 0 Å². The summed E-state index contributed by atoms with van der Waals surface area (Å²) in [6, 6.07) is 7.04. The first-order valence-corrected chi connectivity index (χ1v) is 6.40. The summed E-state index contributed by atoms with van der Waals surface area (Å²) in [5.41, 5.74) is -0.331. The summed E-state index contributed by atoms with van der Waals surface area (Å²) in [4.78, 5) is 11.0. The fraction of sp³-hybridized carbons (Fsp3) is 0.533. The molecule has 0 spiro atoms. The van der Waals surface area contributed by atoms with E-state index in [0.29, 0.717) is 11.1 Å². The minimum absolute atomic E-state index is 0.0531. The van der Waals surface area contributed by atoms with Gasteiger partial charge in [-0.05, 0) is 31.2 Å². The zero-order valence-electron chi connectivity index (χ0n) is 10.3. The molecule has 1 aromatic rings. The molecule has 1 nitrogen and oxygen atoms in total. The van der Waals surface area contributed by atoms with Gasteiger partial charge in [0.15, 0.2) is 0 Å².